The van der Waals surface area contributed by atoms with E-state index in [2.05, 4.69) is 15.5 Å². The second-order valence-corrected chi connectivity index (χ2v) is 7.44. The smallest absolute Gasteiger partial charge is 0.234 e. The lowest BCUT2D eigenvalue weighted by molar-refractivity contribution is -0.113. The molecule has 0 aliphatic carbocycles. The molecule has 0 bridgehead atoms. The fraction of sp³-hybridized carbons (Fsp3) is 0.286. The molecule has 0 radical (unpaired) electrons. The van der Waals surface area contributed by atoms with Gasteiger partial charge in [-0.3, -0.25) is 4.79 Å². The van der Waals surface area contributed by atoms with Crippen molar-refractivity contribution in [1.82, 2.24) is 14.8 Å². The highest BCUT2D eigenvalue weighted by molar-refractivity contribution is 7.99. The number of rotatable bonds is 8. The number of aryl methyl sites for hydroxylation is 1. The number of amides is 1. The van der Waals surface area contributed by atoms with Crippen LogP contribution in [-0.2, 0) is 11.8 Å². The lowest BCUT2D eigenvalue weighted by Gasteiger charge is -2.15. The topological polar surface area (TPSA) is 78.3 Å². The largest absolute Gasteiger partial charge is 0.497 e. The van der Waals surface area contributed by atoms with E-state index in [1.54, 1.807) is 13.2 Å². The second kappa shape index (κ2) is 9.47. The molecule has 2 aromatic carbocycles. The van der Waals surface area contributed by atoms with Gasteiger partial charge < -0.3 is 19.4 Å². The summed E-state index contributed by atoms with van der Waals surface area (Å²) in [7, 11) is 3.46. The monoisotopic (exact) mass is 412 g/mol. The van der Waals surface area contributed by atoms with Crippen molar-refractivity contribution in [3.8, 4) is 11.5 Å². The number of aromatic nitrogens is 3. The second-order valence-electron chi connectivity index (χ2n) is 6.49. The van der Waals surface area contributed by atoms with Gasteiger partial charge in [0.2, 0.25) is 5.91 Å². The molecule has 0 aliphatic heterocycles. The van der Waals surface area contributed by atoms with Crippen LogP contribution in [0.4, 0.5) is 5.69 Å². The van der Waals surface area contributed by atoms with E-state index in [1.807, 2.05) is 67.9 Å². The number of hydrogen-bond acceptors (Lipinski definition) is 6. The first-order valence-electron chi connectivity index (χ1n) is 9.16. The summed E-state index contributed by atoms with van der Waals surface area (Å²) in [4.78, 5) is 12.3. The highest BCUT2D eigenvalue weighted by atomic mass is 32.2. The van der Waals surface area contributed by atoms with Gasteiger partial charge in [-0.15, -0.1) is 10.2 Å². The van der Waals surface area contributed by atoms with E-state index in [0.29, 0.717) is 22.4 Å². The Labute approximate surface area is 174 Å². The summed E-state index contributed by atoms with van der Waals surface area (Å²) >= 11 is 1.32. The maximum absolute atomic E-state index is 12.3. The first-order chi connectivity index (χ1) is 14.0. The Kier molecular flexibility index (Phi) is 6.77. The Bertz CT molecular complexity index is 990. The Hall–Kier alpha value is -3.00. The summed E-state index contributed by atoms with van der Waals surface area (Å²) in [5.41, 5.74) is 1.75. The zero-order chi connectivity index (χ0) is 20.8. The molecule has 0 spiro atoms. The molecule has 1 heterocycles. The van der Waals surface area contributed by atoms with Crippen LogP contribution in [0.2, 0.25) is 0 Å². The van der Waals surface area contributed by atoms with Gasteiger partial charge in [0.05, 0.1) is 12.9 Å². The van der Waals surface area contributed by atoms with Crippen LogP contribution in [0.25, 0.3) is 0 Å². The van der Waals surface area contributed by atoms with Gasteiger partial charge in [-0.1, -0.05) is 36.0 Å². The van der Waals surface area contributed by atoms with Crippen molar-refractivity contribution < 1.29 is 14.3 Å². The van der Waals surface area contributed by atoms with Crippen molar-refractivity contribution in [1.29, 1.82) is 0 Å². The molecule has 0 saturated carbocycles. The Morgan fingerprint density at radius 1 is 1.21 bits per heavy atom. The zero-order valence-electron chi connectivity index (χ0n) is 16.9. The zero-order valence-corrected chi connectivity index (χ0v) is 17.7. The SMILES string of the molecule is COc1cccc(NC(=O)CSc2nnc(C(C)Oc3ccccc3C)n2C)c1. The van der Waals surface area contributed by atoms with Crippen molar-refractivity contribution in [3.05, 3.63) is 59.9 Å². The number of carbonyl (C=O) groups excluding carboxylic acids is 1. The van der Waals surface area contributed by atoms with Crippen LogP contribution in [0.15, 0.2) is 53.7 Å². The minimum atomic E-state index is -0.270. The Balaban J connectivity index is 1.59. The average molecular weight is 413 g/mol. The van der Waals surface area contributed by atoms with E-state index in [-0.39, 0.29) is 17.8 Å². The lowest BCUT2D eigenvalue weighted by atomic mass is 10.2. The molecule has 1 aromatic heterocycles. The van der Waals surface area contributed by atoms with Gasteiger partial charge in [-0.05, 0) is 37.6 Å². The van der Waals surface area contributed by atoms with Crippen LogP contribution in [0.3, 0.4) is 0 Å². The van der Waals surface area contributed by atoms with E-state index < -0.39 is 0 Å². The lowest BCUT2D eigenvalue weighted by Crippen LogP contribution is -2.15. The predicted molar refractivity (Wildman–Crippen MR) is 114 cm³/mol. The molecule has 0 fully saturated rings. The first-order valence-corrected chi connectivity index (χ1v) is 10.1. The predicted octanol–water partition coefficient (Wildman–Crippen LogP) is 4.00. The van der Waals surface area contributed by atoms with Gasteiger partial charge in [0, 0.05) is 18.8 Å². The van der Waals surface area contributed by atoms with Crippen molar-refractivity contribution in [2.24, 2.45) is 7.05 Å². The van der Waals surface area contributed by atoms with Gasteiger partial charge in [-0.2, -0.15) is 0 Å². The Morgan fingerprint density at radius 2 is 2.00 bits per heavy atom. The molecule has 3 aromatic rings. The minimum Gasteiger partial charge on any atom is -0.497 e. The summed E-state index contributed by atoms with van der Waals surface area (Å²) in [5, 5.41) is 12.0. The van der Waals surface area contributed by atoms with E-state index in [4.69, 9.17) is 9.47 Å². The first kappa shape index (κ1) is 20.7. The summed E-state index contributed by atoms with van der Waals surface area (Å²) < 4.78 is 13.0. The maximum Gasteiger partial charge on any atom is 0.234 e. The highest BCUT2D eigenvalue weighted by Crippen LogP contribution is 2.26. The van der Waals surface area contributed by atoms with Crippen molar-refractivity contribution in [2.45, 2.75) is 25.1 Å². The standard InChI is InChI=1S/C21H24N4O3S/c1-14-8-5-6-11-18(14)28-15(2)20-23-24-21(25(20)3)29-13-19(26)22-16-9-7-10-17(12-16)27-4/h5-12,15H,13H2,1-4H3,(H,22,26). The molecule has 1 amide bonds. The molecule has 8 heteroatoms. The number of hydrogen-bond donors (Lipinski definition) is 1. The normalized spacial score (nSPS) is 11.7. The van der Waals surface area contributed by atoms with Crippen LogP contribution < -0.4 is 14.8 Å². The summed E-state index contributed by atoms with van der Waals surface area (Å²) in [6, 6.07) is 15.1. The molecule has 1 unspecified atom stereocenters. The van der Waals surface area contributed by atoms with Gasteiger partial charge >= 0.3 is 0 Å². The molecular weight excluding hydrogens is 388 g/mol. The van der Waals surface area contributed by atoms with Gasteiger partial charge in [0.1, 0.15) is 11.5 Å². The van der Waals surface area contributed by atoms with Crippen molar-refractivity contribution in [3.63, 3.8) is 0 Å². The molecule has 1 atom stereocenters. The average Bonchev–Trinajstić information content (AvgIpc) is 3.09. The van der Waals surface area contributed by atoms with E-state index in [0.717, 1.165) is 11.3 Å². The van der Waals surface area contributed by atoms with Gasteiger partial charge in [-0.25, -0.2) is 0 Å². The molecule has 3 rings (SSSR count). The maximum atomic E-state index is 12.3. The molecule has 152 valence electrons. The Morgan fingerprint density at radius 3 is 2.76 bits per heavy atom. The third-order valence-corrected chi connectivity index (χ3v) is 5.34. The molecule has 29 heavy (non-hydrogen) atoms. The van der Waals surface area contributed by atoms with Crippen LogP contribution >= 0.6 is 11.8 Å². The van der Waals surface area contributed by atoms with Gasteiger partial charge in [0.15, 0.2) is 17.1 Å². The minimum absolute atomic E-state index is 0.128. The highest BCUT2D eigenvalue weighted by Gasteiger charge is 2.18. The summed E-state index contributed by atoms with van der Waals surface area (Å²) in [5.74, 6) is 2.29. The van der Waals surface area contributed by atoms with Crippen molar-refractivity contribution in [2.75, 3.05) is 18.2 Å². The quantitative estimate of drug-likeness (QED) is 0.564. The van der Waals surface area contributed by atoms with E-state index >= 15 is 0 Å². The number of benzene rings is 2. The number of thioether (sulfide) groups is 1. The molecule has 7 nitrogen and oxygen atoms in total. The molecule has 1 N–H and O–H groups in total. The number of carbonyl (C=O) groups is 1. The number of nitrogens with one attached hydrogen (secondary N) is 1. The number of nitrogens with zero attached hydrogens (tertiary/aromatic N) is 3. The van der Waals surface area contributed by atoms with Crippen LogP contribution in [-0.4, -0.2) is 33.5 Å². The molecular formula is C21H24N4O3S. The molecule has 0 aliphatic rings. The molecule has 0 saturated heterocycles. The van der Waals surface area contributed by atoms with E-state index in [1.165, 1.54) is 11.8 Å². The van der Waals surface area contributed by atoms with Gasteiger partial charge in [0.25, 0.3) is 0 Å². The van der Waals surface area contributed by atoms with E-state index in [9.17, 15) is 4.79 Å². The van der Waals surface area contributed by atoms with Crippen LogP contribution in [0.1, 0.15) is 24.4 Å². The summed E-state index contributed by atoms with van der Waals surface area (Å²) in [6.45, 7) is 3.93. The third kappa shape index (κ3) is 5.29. The summed E-state index contributed by atoms with van der Waals surface area (Å²) in [6.07, 6.45) is -0.270. The fourth-order valence-electron chi connectivity index (χ4n) is 2.77. The van der Waals surface area contributed by atoms with Crippen molar-refractivity contribution >= 4 is 23.4 Å². The third-order valence-electron chi connectivity index (χ3n) is 4.32. The number of para-hydroxylation sites is 1. The number of ether oxygens (including phenoxy) is 2. The van der Waals surface area contributed by atoms with Crippen LogP contribution in [0, 0.1) is 6.92 Å². The number of methoxy groups -OCH3 is 1. The number of anilines is 1. The van der Waals surface area contributed by atoms with Crippen LogP contribution in [0.5, 0.6) is 11.5 Å². The fourth-order valence-corrected chi connectivity index (χ4v) is 3.48.